The topological polar surface area (TPSA) is 107 Å². The fraction of sp³-hybridized carbons (Fsp3) is 0.429. The first-order valence-electron chi connectivity index (χ1n) is 6.60. The van der Waals surface area contributed by atoms with Crippen LogP contribution in [0.15, 0.2) is 18.2 Å². The van der Waals surface area contributed by atoms with E-state index in [0.717, 1.165) is 12.8 Å². The second-order valence-electron chi connectivity index (χ2n) is 5.26. The maximum atomic E-state index is 11.6. The second-order valence-corrected chi connectivity index (χ2v) is 5.26. The largest absolute Gasteiger partial charge is 0.480 e. The van der Waals surface area contributed by atoms with Gasteiger partial charge in [0, 0.05) is 18.7 Å². The molecule has 0 aliphatic carbocycles. The summed E-state index contributed by atoms with van der Waals surface area (Å²) in [7, 11) is 0. The van der Waals surface area contributed by atoms with Crippen LogP contribution in [0.4, 0.5) is 11.4 Å². The van der Waals surface area contributed by atoms with Crippen LogP contribution in [0.1, 0.15) is 31.7 Å². The van der Waals surface area contributed by atoms with Crippen LogP contribution in [0.5, 0.6) is 0 Å². The molecule has 0 radical (unpaired) electrons. The highest BCUT2D eigenvalue weighted by Gasteiger charge is 2.42. The average Bonchev–Trinajstić information content (AvgIpc) is 2.47. The molecule has 0 saturated carbocycles. The van der Waals surface area contributed by atoms with Crippen LogP contribution in [0.3, 0.4) is 0 Å². The van der Waals surface area contributed by atoms with Gasteiger partial charge in [0.25, 0.3) is 5.69 Å². The van der Waals surface area contributed by atoms with E-state index in [2.05, 4.69) is 0 Å². The summed E-state index contributed by atoms with van der Waals surface area (Å²) in [5, 5.41) is 29.5. The molecule has 1 fully saturated rings. The first-order valence-corrected chi connectivity index (χ1v) is 6.60. The molecule has 1 heterocycles. The Kier molecular flexibility index (Phi) is 3.80. The number of rotatable bonds is 3. The van der Waals surface area contributed by atoms with Crippen molar-refractivity contribution in [3.63, 3.8) is 0 Å². The lowest BCUT2D eigenvalue weighted by atomic mass is 9.87. The Morgan fingerprint density at radius 2 is 2.24 bits per heavy atom. The third kappa shape index (κ3) is 2.52. The van der Waals surface area contributed by atoms with Gasteiger partial charge >= 0.3 is 5.97 Å². The molecule has 1 atom stereocenters. The fourth-order valence-electron chi connectivity index (χ4n) is 2.69. The number of carbonyl (C=O) groups is 1. The summed E-state index contributed by atoms with van der Waals surface area (Å²) in [5.41, 5.74) is -0.712. The number of piperidine rings is 1. The number of hydrogen-bond acceptors (Lipinski definition) is 5. The summed E-state index contributed by atoms with van der Waals surface area (Å²) in [5.74, 6) is -0.954. The van der Waals surface area contributed by atoms with Gasteiger partial charge in [-0.3, -0.25) is 10.1 Å². The molecule has 1 aromatic rings. The fourth-order valence-corrected chi connectivity index (χ4v) is 2.69. The Bertz CT molecular complexity index is 638. The molecule has 1 aliphatic heterocycles. The molecule has 1 aromatic carbocycles. The lowest BCUT2D eigenvalue weighted by Gasteiger charge is -2.43. The summed E-state index contributed by atoms with van der Waals surface area (Å²) in [6, 6.07) is 5.87. The van der Waals surface area contributed by atoms with E-state index in [1.807, 2.05) is 6.07 Å². The van der Waals surface area contributed by atoms with Gasteiger partial charge in [-0.2, -0.15) is 5.26 Å². The van der Waals surface area contributed by atoms with E-state index < -0.39 is 16.4 Å². The molecule has 1 N–H and O–H groups in total. The number of carboxylic acid groups (broad SMARTS) is 1. The highest BCUT2D eigenvalue weighted by Crippen LogP contribution is 2.36. The first-order chi connectivity index (χ1) is 9.90. The van der Waals surface area contributed by atoms with Crippen molar-refractivity contribution in [2.45, 2.75) is 31.7 Å². The molecule has 21 heavy (non-hydrogen) atoms. The maximum absolute atomic E-state index is 11.6. The van der Waals surface area contributed by atoms with Crippen LogP contribution in [-0.4, -0.2) is 28.1 Å². The van der Waals surface area contributed by atoms with Gasteiger partial charge in [-0.15, -0.1) is 0 Å². The van der Waals surface area contributed by atoms with Crippen molar-refractivity contribution in [2.24, 2.45) is 0 Å². The van der Waals surface area contributed by atoms with Crippen LogP contribution >= 0.6 is 0 Å². The molecular weight excluding hydrogens is 274 g/mol. The Hall–Kier alpha value is -2.62. The molecule has 0 amide bonds. The number of nitro groups is 1. The minimum atomic E-state index is -1.10. The average molecular weight is 289 g/mol. The zero-order valence-corrected chi connectivity index (χ0v) is 11.6. The van der Waals surface area contributed by atoms with Crippen molar-refractivity contribution in [3.8, 4) is 6.07 Å². The quantitative estimate of drug-likeness (QED) is 0.675. The van der Waals surface area contributed by atoms with Gasteiger partial charge in [0.1, 0.15) is 11.6 Å². The zero-order chi connectivity index (χ0) is 15.6. The Morgan fingerprint density at radius 1 is 1.52 bits per heavy atom. The Morgan fingerprint density at radius 3 is 2.81 bits per heavy atom. The van der Waals surface area contributed by atoms with Crippen molar-refractivity contribution < 1.29 is 14.8 Å². The van der Waals surface area contributed by atoms with E-state index >= 15 is 0 Å². The lowest BCUT2D eigenvalue weighted by Crippen LogP contribution is -2.55. The molecule has 0 spiro atoms. The third-order valence-corrected chi connectivity index (χ3v) is 3.95. The van der Waals surface area contributed by atoms with E-state index in [1.165, 1.54) is 18.2 Å². The van der Waals surface area contributed by atoms with Crippen LogP contribution < -0.4 is 4.90 Å². The minimum absolute atomic E-state index is 0.124. The highest BCUT2D eigenvalue weighted by molar-refractivity contribution is 5.84. The van der Waals surface area contributed by atoms with Crippen molar-refractivity contribution in [3.05, 3.63) is 33.9 Å². The van der Waals surface area contributed by atoms with Gasteiger partial charge in [-0.1, -0.05) is 0 Å². The van der Waals surface area contributed by atoms with E-state index in [1.54, 1.807) is 11.8 Å². The maximum Gasteiger partial charge on any atom is 0.329 e. The smallest absolute Gasteiger partial charge is 0.329 e. The summed E-state index contributed by atoms with van der Waals surface area (Å²) in [6.45, 7) is 2.13. The number of non-ortho nitro benzene ring substituents is 1. The van der Waals surface area contributed by atoms with Crippen LogP contribution in [0.2, 0.25) is 0 Å². The van der Waals surface area contributed by atoms with E-state index in [-0.39, 0.29) is 11.3 Å². The number of nitrogens with zero attached hydrogens (tertiary/aromatic N) is 3. The van der Waals surface area contributed by atoms with E-state index in [9.17, 15) is 25.3 Å². The zero-order valence-electron chi connectivity index (χ0n) is 11.6. The number of nitriles is 1. The van der Waals surface area contributed by atoms with Crippen LogP contribution in [0, 0.1) is 21.4 Å². The normalized spacial score (nSPS) is 21.6. The van der Waals surface area contributed by atoms with Gasteiger partial charge in [-0.05, 0) is 32.3 Å². The second kappa shape index (κ2) is 5.40. The number of benzene rings is 1. The standard InChI is InChI=1S/C14H15N3O4/c1-14(13(18)19)6-2-3-7-16(14)12-5-4-11(17(20)21)8-10(12)9-15/h4-5,8H,2-3,6-7H2,1H3,(H,18,19). The number of nitro benzene ring substituents is 1. The summed E-state index contributed by atoms with van der Waals surface area (Å²) >= 11 is 0. The molecule has 7 heteroatoms. The molecule has 2 rings (SSSR count). The van der Waals surface area contributed by atoms with Crippen LogP contribution in [0.25, 0.3) is 0 Å². The molecule has 0 bridgehead atoms. The predicted octanol–water partition coefficient (Wildman–Crippen LogP) is 2.30. The predicted molar refractivity (Wildman–Crippen MR) is 75.0 cm³/mol. The molecule has 7 nitrogen and oxygen atoms in total. The lowest BCUT2D eigenvalue weighted by molar-refractivity contribution is -0.384. The van der Waals surface area contributed by atoms with Crippen molar-refractivity contribution in [1.82, 2.24) is 0 Å². The van der Waals surface area contributed by atoms with Crippen LogP contribution in [-0.2, 0) is 4.79 Å². The molecule has 1 saturated heterocycles. The number of anilines is 1. The van der Waals surface area contributed by atoms with Crippen molar-refractivity contribution >= 4 is 17.3 Å². The molecule has 0 aromatic heterocycles. The minimum Gasteiger partial charge on any atom is -0.480 e. The van der Waals surface area contributed by atoms with Gasteiger partial charge in [0.15, 0.2) is 0 Å². The summed E-state index contributed by atoms with van der Waals surface area (Å²) < 4.78 is 0. The first kappa shape index (κ1) is 14.8. The Labute approximate surface area is 121 Å². The molecule has 1 unspecified atom stereocenters. The van der Waals surface area contributed by atoms with Gasteiger partial charge in [-0.25, -0.2) is 4.79 Å². The highest BCUT2D eigenvalue weighted by atomic mass is 16.6. The van der Waals surface area contributed by atoms with Gasteiger partial charge < -0.3 is 10.0 Å². The summed E-state index contributed by atoms with van der Waals surface area (Å²) in [4.78, 5) is 23.5. The van der Waals surface area contributed by atoms with E-state index in [4.69, 9.17) is 0 Å². The van der Waals surface area contributed by atoms with Gasteiger partial charge in [0.2, 0.25) is 0 Å². The van der Waals surface area contributed by atoms with Crippen molar-refractivity contribution in [1.29, 1.82) is 5.26 Å². The van der Waals surface area contributed by atoms with Crippen molar-refractivity contribution in [2.75, 3.05) is 11.4 Å². The van der Waals surface area contributed by atoms with Gasteiger partial charge in [0.05, 0.1) is 16.2 Å². The molecule has 110 valence electrons. The molecular formula is C14H15N3O4. The molecule has 1 aliphatic rings. The van der Waals surface area contributed by atoms with E-state index in [0.29, 0.717) is 18.7 Å². The number of hydrogen-bond donors (Lipinski definition) is 1. The summed E-state index contributed by atoms with van der Waals surface area (Å²) in [6.07, 6.45) is 2.10. The number of carboxylic acids is 1. The third-order valence-electron chi connectivity index (χ3n) is 3.95. The monoisotopic (exact) mass is 289 g/mol. The number of aliphatic carboxylic acids is 1. The Balaban J connectivity index is 2.51. The SMILES string of the molecule is CC1(C(=O)O)CCCCN1c1ccc([N+](=O)[O-])cc1C#N.